The molecular weight excluding hydrogens is 340 g/mol. The lowest BCUT2D eigenvalue weighted by Crippen LogP contribution is -2.47. The second-order valence-corrected chi connectivity index (χ2v) is 7.23. The number of rotatable bonds is 3. The topological polar surface area (TPSA) is 70.8 Å². The van der Waals surface area contributed by atoms with Gasteiger partial charge in [-0.25, -0.2) is 9.97 Å². The van der Waals surface area contributed by atoms with E-state index in [4.69, 9.17) is 10.5 Å². The molecule has 1 aromatic heterocycles. The minimum atomic E-state index is 0.680. The summed E-state index contributed by atoms with van der Waals surface area (Å²) in [5.41, 5.74) is 11.2. The largest absolute Gasteiger partial charge is 0.393 e. The average Bonchev–Trinajstić information content (AvgIpc) is 2.71. The average molecular weight is 368 g/mol. The Morgan fingerprint density at radius 3 is 2.11 bits per heavy atom. The molecule has 1 aromatic carbocycles. The highest BCUT2D eigenvalue weighted by molar-refractivity contribution is 5.76. The highest BCUT2D eigenvalue weighted by Gasteiger charge is 2.24. The predicted molar refractivity (Wildman–Crippen MR) is 110 cm³/mol. The first-order valence-corrected chi connectivity index (χ1v) is 9.64. The number of aromatic nitrogens is 2. The molecule has 4 rings (SSSR count). The zero-order valence-corrected chi connectivity index (χ0v) is 16.2. The van der Waals surface area contributed by atoms with Crippen LogP contribution < -0.4 is 20.4 Å². The maximum absolute atomic E-state index is 6.47. The Labute approximate surface area is 160 Å². The minimum absolute atomic E-state index is 0.680. The molecule has 144 valence electrons. The van der Waals surface area contributed by atoms with Gasteiger partial charge >= 0.3 is 0 Å². The van der Waals surface area contributed by atoms with Gasteiger partial charge in [-0.2, -0.15) is 0 Å². The van der Waals surface area contributed by atoms with E-state index >= 15 is 0 Å². The molecule has 0 aliphatic carbocycles. The van der Waals surface area contributed by atoms with Crippen LogP contribution in [0.15, 0.2) is 24.5 Å². The standard InChI is InChI=1S/C20H28N6O/c1-15-4-3-5-17(16(15)2)24-6-8-25(9-7-24)19-18(21)20(23-14-22-19)26-10-12-27-13-11-26/h3-5,14H,6-13,21H2,1-2H3. The fourth-order valence-electron chi connectivity index (χ4n) is 3.89. The molecule has 0 radical (unpaired) electrons. The number of hydrogen-bond donors (Lipinski definition) is 1. The Bertz CT molecular complexity index is 797. The van der Waals surface area contributed by atoms with E-state index < -0.39 is 0 Å². The highest BCUT2D eigenvalue weighted by atomic mass is 16.5. The number of anilines is 4. The summed E-state index contributed by atoms with van der Waals surface area (Å²) in [6.07, 6.45) is 1.63. The van der Waals surface area contributed by atoms with Crippen LogP contribution in [0.25, 0.3) is 0 Å². The fourth-order valence-corrected chi connectivity index (χ4v) is 3.89. The van der Waals surface area contributed by atoms with Gasteiger partial charge in [-0.15, -0.1) is 0 Å². The van der Waals surface area contributed by atoms with Crippen molar-refractivity contribution in [2.24, 2.45) is 0 Å². The first kappa shape index (κ1) is 17.9. The summed E-state index contributed by atoms with van der Waals surface area (Å²) in [4.78, 5) is 15.9. The first-order valence-electron chi connectivity index (χ1n) is 9.64. The van der Waals surface area contributed by atoms with Gasteiger partial charge in [-0.1, -0.05) is 12.1 Å². The summed E-state index contributed by atoms with van der Waals surface area (Å²) in [5.74, 6) is 1.69. The van der Waals surface area contributed by atoms with Crippen molar-refractivity contribution < 1.29 is 4.74 Å². The van der Waals surface area contributed by atoms with E-state index in [0.29, 0.717) is 18.9 Å². The number of morpholine rings is 1. The lowest BCUT2D eigenvalue weighted by molar-refractivity contribution is 0.122. The quantitative estimate of drug-likeness (QED) is 0.886. The van der Waals surface area contributed by atoms with Crippen LogP contribution in [0.1, 0.15) is 11.1 Å². The SMILES string of the molecule is Cc1cccc(N2CCN(c3ncnc(N4CCOCC4)c3N)CC2)c1C. The Kier molecular flexibility index (Phi) is 5.03. The van der Waals surface area contributed by atoms with Crippen molar-refractivity contribution >= 4 is 23.0 Å². The zero-order valence-electron chi connectivity index (χ0n) is 16.2. The molecule has 7 nitrogen and oxygen atoms in total. The molecule has 2 aliphatic heterocycles. The Morgan fingerprint density at radius 1 is 0.852 bits per heavy atom. The number of nitrogens with two attached hydrogens (primary N) is 1. The number of piperazine rings is 1. The van der Waals surface area contributed by atoms with Crippen LogP contribution in [0.4, 0.5) is 23.0 Å². The van der Waals surface area contributed by atoms with Gasteiger partial charge in [0.2, 0.25) is 0 Å². The maximum Gasteiger partial charge on any atom is 0.157 e. The van der Waals surface area contributed by atoms with Crippen molar-refractivity contribution in [3.63, 3.8) is 0 Å². The monoisotopic (exact) mass is 368 g/mol. The summed E-state index contributed by atoms with van der Waals surface area (Å²) in [7, 11) is 0. The fraction of sp³-hybridized carbons (Fsp3) is 0.500. The predicted octanol–water partition coefficient (Wildman–Crippen LogP) is 1.84. The number of aryl methyl sites for hydroxylation is 1. The lowest BCUT2D eigenvalue weighted by Gasteiger charge is -2.38. The first-order chi connectivity index (χ1) is 13.1. The molecule has 27 heavy (non-hydrogen) atoms. The van der Waals surface area contributed by atoms with Gasteiger partial charge in [-0.05, 0) is 31.0 Å². The van der Waals surface area contributed by atoms with Gasteiger partial charge in [0.1, 0.15) is 12.0 Å². The Morgan fingerprint density at radius 2 is 1.44 bits per heavy atom. The van der Waals surface area contributed by atoms with Gasteiger partial charge in [0, 0.05) is 45.0 Å². The molecule has 2 aromatic rings. The van der Waals surface area contributed by atoms with Crippen LogP contribution in [0.5, 0.6) is 0 Å². The molecule has 2 N–H and O–H groups in total. The Balaban J connectivity index is 1.49. The van der Waals surface area contributed by atoms with E-state index in [1.54, 1.807) is 6.33 Å². The van der Waals surface area contributed by atoms with Crippen LogP contribution >= 0.6 is 0 Å². The molecule has 0 amide bonds. The van der Waals surface area contributed by atoms with Gasteiger partial charge in [0.25, 0.3) is 0 Å². The van der Waals surface area contributed by atoms with Crippen LogP contribution in [0.2, 0.25) is 0 Å². The maximum atomic E-state index is 6.47. The second kappa shape index (κ2) is 7.60. The number of ether oxygens (including phenoxy) is 1. The molecule has 0 spiro atoms. The molecule has 0 saturated carbocycles. The van der Waals surface area contributed by atoms with E-state index in [9.17, 15) is 0 Å². The summed E-state index contributed by atoms with van der Waals surface area (Å²) < 4.78 is 5.44. The van der Waals surface area contributed by atoms with Crippen molar-refractivity contribution in [1.82, 2.24) is 9.97 Å². The molecule has 3 heterocycles. The van der Waals surface area contributed by atoms with Crippen molar-refractivity contribution in [2.45, 2.75) is 13.8 Å². The van der Waals surface area contributed by atoms with Gasteiger partial charge < -0.3 is 25.2 Å². The smallest absolute Gasteiger partial charge is 0.157 e. The summed E-state index contributed by atoms with van der Waals surface area (Å²) >= 11 is 0. The number of nitrogen functional groups attached to an aromatic ring is 1. The van der Waals surface area contributed by atoms with Gasteiger partial charge in [0.05, 0.1) is 13.2 Å². The Hall–Kier alpha value is -2.54. The van der Waals surface area contributed by atoms with Gasteiger partial charge in [0.15, 0.2) is 11.6 Å². The van der Waals surface area contributed by atoms with E-state index in [1.807, 2.05) is 0 Å². The molecule has 0 bridgehead atoms. The molecule has 0 unspecified atom stereocenters. The van der Waals surface area contributed by atoms with Crippen LogP contribution in [-0.2, 0) is 4.74 Å². The molecular formula is C20H28N6O. The van der Waals surface area contributed by atoms with Crippen LogP contribution in [0.3, 0.4) is 0 Å². The number of nitrogens with zero attached hydrogens (tertiary/aromatic N) is 5. The number of hydrogen-bond acceptors (Lipinski definition) is 7. The normalized spacial score (nSPS) is 18.1. The highest BCUT2D eigenvalue weighted by Crippen LogP contribution is 2.31. The zero-order chi connectivity index (χ0) is 18.8. The molecule has 2 fully saturated rings. The summed E-state index contributed by atoms with van der Waals surface area (Å²) in [5, 5.41) is 0. The third kappa shape index (κ3) is 3.51. The van der Waals surface area contributed by atoms with E-state index in [-0.39, 0.29) is 0 Å². The van der Waals surface area contributed by atoms with Crippen LogP contribution in [0, 0.1) is 13.8 Å². The minimum Gasteiger partial charge on any atom is -0.393 e. The van der Waals surface area contributed by atoms with Crippen LogP contribution in [-0.4, -0.2) is 62.5 Å². The third-order valence-electron chi connectivity index (χ3n) is 5.65. The van der Waals surface area contributed by atoms with Gasteiger partial charge in [-0.3, -0.25) is 0 Å². The van der Waals surface area contributed by atoms with E-state index in [2.05, 4.69) is 56.7 Å². The molecule has 0 atom stereocenters. The molecule has 2 aliphatic rings. The van der Waals surface area contributed by atoms with Crippen molar-refractivity contribution in [3.05, 3.63) is 35.7 Å². The van der Waals surface area contributed by atoms with Crippen molar-refractivity contribution in [1.29, 1.82) is 0 Å². The lowest BCUT2D eigenvalue weighted by atomic mass is 10.1. The molecule has 2 saturated heterocycles. The summed E-state index contributed by atoms with van der Waals surface area (Å²) in [6.45, 7) is 11.2. The number of benzene rings is 1. The van der Waals surface area contributed by atoms with E-state index in [1.165, 1.54) is 16.8 Å². The van der Waals surface area contributed by atoms with E-state index in [0.717, 1.165) is 50.9 Å². The van der Waals surface area contributed by atoms with Crippen molar-refractivity contribution in [3.8, 4) is 0 Å². The third-order valence-corrected chi connectivity index (χ3v) is 5.65. The second-order valence-electron chi connectivity index (χ2n) is 7.23. The summed E-state index contributed by atoms with van der Waals surface area (Å²) in [6, 6.07) is 6.53. The van der Waals surface area contributed by atoms with Crippen molar-refractivity contribution in [2.75, 3.05) is 72.9 Å². The molecule has 7 heteroatoms.